The average Bonchev–Trinajstić information content (AvgIpc) is 2.97. The number of methoxy groups -OCH3 is 1. The van der Waals surface area contributed by atoms with Crippen molar-refractivity contribution in [2.24, 2.45) is 4.99 Å². The van der Waals surface area contributed by atoms with E-state index in [-0.39, 0.29) is 24.0 Å². The summed E-state index contributed by atoms with van der Waals surface area (Å²) in [5.41, 5.74) is 1.10. The minimum absolute atomic E-state index is 0. The monoisotopic (exact) mass is 466 g/mol. The van der Waals surface area contributed by atoms with Crippen LogP contribution in [0, 0.1) is 0 Å². The van der Waals surface area contributed by atoms with Crippen LogP contribution in [0.5, 0.6) is 5.75 Å². The van der Waals surface area contributed by atoms with Gasteiger partial charge in [0.25, 0.3) is 0 Å². The van der Waals surface area contributed by atoms with Crippen LogP contribution in [0.15, 0.2) is 23.2 Å². The van der Waals surface area contributed by atoms with E-state index in [4.69, 9.17) is 16.3 Å². The fourth-order valence-corrected chi connectivity index (χ4v) is 3.11. The molecular weight excluding hydrogens is 439 g/mol. The Morgan fingerprint density at radius 3 is 2.79 bits per heavy atom. The zero-order valence-electron chi connectivity index (χ0n) is 14.6. The minimum atomic E-state index is 0. The SMILES string of the molecule is CN=C(NCCc1ccc(OC)cc1Cl)NCC1CCCN1C.I. The van der Waals surface area contributed by atoms with Crippen molar-refractivity contribution in [1.82, 2.24) is 15.5 Å². The molecule has 0 saturated carbocycles. The Morgan fingerprint density at radius 1 is 1.42 bits per heavy atom. The zero-order chi connectivity index (χ0) is 16.7. The highest BCUT2D eigenvalue weighted by Crippen LogP contribution is 2.22. The Labute approximate surface area is 167 Å². The topological polar surface area (TPSA) is 48.9 Å². The number of aliphatic imine (C=N–C) groups is 1. The Hall–Kier alpha value is -0.730. The predicted molar refractivity (Wildman–Crippen MR) is 112 cm³/mol. The van der Waals surface area contributed by atoms with Crippen molar-refractivity contribution in [3.8, 4) is 5.75 Å². The summed E-state index contributed by atoms with van der Waals surface area (Å²) in [7, 11) is 5.62. The summed E-state index contributed by atoms with van der Waals surface area (Å²) in [6.45, 7) is 2.90. The van der Waals surface area contributed by atoms with E-state index in [0.717, 1.165) is 41.8 Å². The fraction of sp³-hybridized carbons (Fsp3) is 0.588. The van der Waals surface area contributed by atoms with Crippen LogP contribution in [0.4, 0.5) is 0 Å². The molecule has 1 atom stereocenters. The minimum Gasteiger partial charge on any atom is -0.497 e. The smallest absolute Gasteiger partial charge is 0.191 e. The first-order chi connectivity index (χ1) is 11.1. The summed E-state index contributed by atoms with van der Waals surface area (Å²) in [6, 6.07) is 6.39. The third-order valence-electron chi connectivity index (χ3n) is 4.35. The molecule has 1 aromatic carbocycles. The van der Waals surface area contributed by atoms with Crippen LogP contribution in [0.1, 0.15) is 18.4 Å². The second-order valence-corrected chi connectivity index (χ2v) is 6.27. The molecule has 0 amide bonds. The zero-order valence-corrected chi connectivity index (χ0v) is 17.7. The quantitative estimate of drug-likeness (QED) is 0.385. The molecule has 1 saturated heterocycles. The third kappa shape index (κ3) is 6.29. The van der Waals surface area contributed by atoms with Gasteiger partial charge in [0.15, 0.2) is 5.96 Å². The van der Waals surface area contributed by atoms with Crippen molar-refractivity contribution in [3.63, 3.8) is 0 Å². The van der Waals surface area contributed by atoms with Crippen molar-refractivity contribution in [2.45, 2.75) is 25.3 Å². The van der Waals surface area contributed by atoms with E-state index >= 15 is 0 Å². The van der Waals surface area contributed by atoms with Crippen molar-refractivity contribution in [2.75, 3.05) is 40.8 Å². The number of ether oxygens (including phenoxy) is 1. The molecule has 136 valence electrons. The van der Waals surface area contributed by atoms with Crippen molar-refractivity contribution in [1.29, 1.82) is 0 Å². The van der Waals surface area contributed by atoms with Crippen LogP contribution < -0.4 is 15.4 Å². The first-order valence-corrected chi connectivity index (χ1v) is 8.49. The number of halogens is 2. The van der Waals surface area contributed by atoms with E-state index in [0.29, 0.717) is 6.04 Å². The second kappa shape index (κ2) is 11.0. The first-order valence-electron chi connectivity index (χ1n) is 8.11. The third-order valence-corrected chi connectivity index (χ3v) is 4.70. The molecule has 1 fully saturated rings. The number of likely N-dealkylation sites (N-methyl/N-ethyl adjacent to an activating group) is 1. The molecule has 1 unspecified atom stereocenters. The molecular formula is C17H28ClIN4O. The summed E-state index contributed by atoms with van der Waals surface area (Å²) in [4.78, 5) is 6.68. The number of guanidine groups is 1. The van der Waals surface area contributed by atoms with Crippen LogP contribution in [0.3, 0.4) is 0 Å². The molecule has 0 bridgehead atoms. The average molecular weight is 467 g/mol. The van der Waals surface area contributed by atoms with Crippen molar-refractivity contribution >= 4 is 41.5 Å². The largest absolute Gasteiger partial charge is 0.497 e. The number of nitrogens with zero attached hydrogens (tertiary/aromatic N) is 2. The van der Waals surface area contributed by atoms with Crippen LogP contribution >= 0.6 is 35.6 Å². The van der Waals surface area contributed by atoms with E-state index in [2.05, 4.69) is 27.6 Å². The Balaban J connectivity index is 0.00000288. The molecule has 7 heteroatoms. The Kier molecular flexibility index (Phi) is 9.76. The van der Waals surface area contributed by atoms with Gasteiger partial charge in [0.05, 0.1) is 7.11 Å². The van der Waals surface area contributed by atoms with Gasteiger partial charge in [-0.05, 0) is 50.6 Å². The molecule has 0 spiro atoms. The Morgan fingerprint density at radius 2 is 2.21 bits per heavy atom. The lowest BCUT2D eigenvalue weighted by molar-refractivity contribution is 0.309. The van der Waals surface area contributed by atoms with Crippen LogP contribution in [0.2, 0.25) is 5.02 Å². The molecule has 0 radical (unpaired) electrons. The van der Waals surface area contributed by atoms with E-state index in [1.54, 1.807) is 14.2 Å². The molecule has 0 aliphatic carbocycles. The number of hydrogen-bond donors (Lipinski definition) is 2. The molecule has 2 N–H and O–H groups in total. The highest BCUT2D eigenvalue weighted by molar-refractivity contribution is 14.0. The van der Waals surface area contributed by atoms with Gasteiger partial charge < -0.3 is 20.3 Å². The number of hydrogen-bond acceptors (Lipinski definition) is 3. The number of likely N-dealkylation sites (tertiary alicyclic amines) is 1. The van der Waals surface area contributed by atoms with E-state index in [9.17, 15) is 0 Å². The van der Waals surface area contributed by atoms with Gasteiger partial charge in [-0.3, -0.25) is 4.99 Å². The van der Waals surface area contributed by atoms with Gasteiger partial charge in [-0.25, -0.2) is 0 Å². The van der Waals surface area contributed by atoms with Crippen LogP contribution in [-0.2, 0) is 6.42 Å². The lowest BCUT2D eigenvalue weighted by Crippen LogP contribution is -2.44. The van der Waals surface area contributed by atoms with Crippen LogP contribution in [0.25, 0.3) is 0 Å². The van der Waals surface area contributed by atoms with Crippen LogP contribution in [-0.4, -0.2) is 57.7 Å². The highest BCUT2D eigenvalue weighted by atomic mass is 127. The van der Waals surface area contributed by atoms with Gasteiger partial charge in [-0.2, -0.15) is 0 Å². The number of rotatable bonds is 6. The molecule has 1 aliphatic heterocycles. The number of nitrogens with one attached hydrogen (secondary N) is 2. The predicted octanol–water partition coefficient (Wildman–Crippen LogP) is 2.77. The second-order valence-electron chi connectivity index (χ2n) is 5.86. The maximum absolute atomic E-state index is 6.26. The first kappa shape index (κ1) is 21.3. The fourth-order valence-electron chi connectivity index (χ4n) is 2.85. The summed E-state index contributed by atoms with van der Waals surface area (Å²) in [5.74, 6) is 1.62. The summed E-state index contributed by atoms with van der Waals surface area (Å²) in [5, 5.41) is 7.49. The van der Waals surface area contributed by atoms with Gasteiger partial charge in [0, 0.05) is 31.2 Å². The van der Waals surface area contributed by atoms with E-state index in [1.165, 1.54) is 19.4 Å². The normalized spacial score (nSPS) is 18.2. The van der Waals surface area contributed by atoms with E-state index < -0.39 is 0 Å². The van der Waals surface area contributed by atoms with Crippen molar-refractivity contribution < 1.29 is 4.74 Å². The molecule has 5 nitrogen and oxygen atoms in total. The molecule has 2 rings (SSSR count). The van der Waals surface area contributed by atoms with Gasteiger partial charge in [0.1, 0.15) is 5.75 Å². The molecule has 1 aromatic rings. The molecule has 1 aliphatic rings. The van der Waals surface area contributed by atoms with Gasteiger partial charge in [-0.15, -0.1) is 24.0 Å². The molecule has 24 heavy (non-hydrogen) atoms. The van der Waals surface area contributed by atoms with Gasteiger partial charge in [0.2, 0.25) is 0 Å². The van der Waals surface area contributed by atoms with E-state index in [1.807, 2.05) is 18.2 Å². The standard InChI is InChI=1S/C17H27ClN4O.HI/c1-19-17(21-12-14-5-4-10-22(14)2)20-9-8-13-6-7-15(23-3)11-16(13)18;/h6-7,11,14H,4-5,8-10,12H2,1-3H3,(H2,19,20,21);1H. The van der Waals surface area contributed by atoms with Gasteiger partial charge >= 0.3 is 0 Å². The highest BCUT2D eigenvalue weighted by Gasteiger charge is 2.20. The lowest BCUT2D eigenvalue weighted by Gasteiger charge is -2.21. The lowest BCUT2D eigenvalue weighted by atomic mass is 10.1. The summed E-state index contributed by atoms with van der Waals surface area (Å²) in [6.07, 6.45) is 3.37. The summed E-state index contributed by atoms with van der Waals surface area (Å²) >= 11 is 6.26. The maximum Gasteiger partial charge on any atom is 0.191 e. The van der Waals surface area contributed by atoms with Crippen molar-refractivity contribution in [3.05, 3.63) is 28.8 Å². The Bertz CT molecular complexity index is 541. The van der Waals surface area contributed by atoms with Gasteiger partial charge in [-0.1, -0.05) is 17.7 Å². The molecule has 1 heterocycles. The number of benzene rings is 1. The maximum atomic E-state index is 6.26. The molecule has 0 aromatic heterocycles. The summed E-state index contributed by atoms with van der Waals surface area (Å²) < 4.78 is 5.17.